The smallest absolute Gasteiger partial charge is 0.250 e. The molecular weight excluding hydrogens is 330 g/mol. The molecule has 0 aromatic heterocycles. The quantitative estimate of drug-likeness (QED) is 0.721. The molecule has 26 heavy (non-hydrogen) atoms. The molecule has 1 N–H and O–H groups in total. The summed E-state index contributed by atoms with van der Waals surface area (Å²) in [5.41, 5.74) is -0.0213. The highest BCUT2D eigenvalue weighted by atomic mass is 16.2. The zero-order valence-electron chi connectivity index (χ0n) is 15.3. The SMILES string of the molecule is CC(C)(C)N1C(=O)[C@@H]2[C@H]3CCCN3[C@]3(C(=O)Nc4ccccc43)[C@@H]2C1=O. The van der Waals surface area contributed by atoms with E-state index in [0.29, 0.717) is 0 Å². The molecule has 4 aliphatic rings. The number of hydrogen-bond donors (Lipinski definition) is 1. The van der Waals surface area contributed by atoms with Gasteiger partial charge in [0, 0.05) is 22.8 Å². The maximum atomic E-state index is 13.5. The number of fused-ring (bicyclic) bond motifs is 7. The first-order valence-electron chi connectivity index (χ1n) is 9.35. The fourth-order valence-corrected chi connectivity index (χ4v) is 5.82. The van der Waals surface area contributed by atoms with Crippen LogP contribution < -0.4 is 5.32 Å². The number of nitrogens with zero attached hydrogens (tertiary/aromatic N) is 2. The van der Waals surface area contributed by atoms with E-state index < -0.39 is 22.9 Å². The number of anilines is 1. The molecule has 1 aromatic carbocycles. The van der Waals surface area contributed by atoms with E-state index in [1.54, 1.807) is 0 Å². The lowest BCUT2D eigenvalue weighted by atomic mass is 9.75. The van der Waals surface area contributed by atoms with Crippen molar-refractivity contribution in [2.24, 2.45) is 11.8 Å². The number of carbonyl (C=O) groups is 3. The van der Waals surface area contributed by atoms with Crippen LogP contribution in [0.2, 0.25) is 0 Å². The Morgan fingerprint density at radius 3 is 2.58 bits per heavy atom. The van der Waals surface area contributed by atoms with Crippen molar-refractivity contribution in [1.29, 1.82) is 0 Å². The Hall–Kier alpha value is -2.21. The van der Waals surface area contributed by atoms with E-state index in [0.717, 1.165) is 30.6 Å². The van der Waals surface area contributed by atoms with Crippen LogP contribution in [-0.4, -0.2) is 45.6 Å². The third-order valence-electron chi connectivity index (χ3n) is 6.57. The summed E-state index contributed by atoms with van der Waals surface area (Å²) >= 11 is 0. The molecule has 6 nitrogen and oxygen atoms in total. The second kappa shape index (κ2) is 4.74. The molecule has 0 unspecified atom stereocenters. The molecule has 4 atom stereocenters. The maximum absolute atomic E-state index is 13.5. The number of likely N-dealkylation sites (tertiary alicyclic amines) is 1. The van der Waals surface area contributed by atoms with Gasteiger partial charge < -0.3 is 5.32 Å². The number of carbonyl (C=O) groups excluding carboxylic acids is 3. The van der Waals surface area contributed by atoms with Crippen molar-refractivity contribution in [3.63, 3.8) is 0 Å². The second-order valence-electron chi connectivity index (χ2n) is 8.86. The Morgan fingerprint density at radius 2 is 1.85 bits per heavy atom. The van der Waals surface area contributed by atoms with Gasteiger partial charge in [0.1, 0.15) is 5.54 Å². The highest BCUT2D eigenvalue weighted by Crippen LogP contribution is 2.60. The number of nitrogens with one attached hydrogen (secondary N) is 1. The van der Waals surface area contributed by atoms with E-state index in [9.17, 15) is 14.4 Å². The van der Waals surface area contributed by atoms with Gasteiger partial charge in [0.05, 0.1) is 11.8 Å². The minimum absolute atomic E-state index is 0.0410. The van der Waals surface area contributed by atoms with E-state index in [1.807, 2.05) is 45.0 Å². The lowest BCUT2D eigenvalue weighted by Gasteiger charge is -2.38. The molecule has 3 saturated heterocycles. The van der Waals surface area contributed by atoms with Crippen molar-refractivity contribution in [3.05, 3.63) is 29.8 Å². The average molecular weight is 353 g/mol. The molecular formula is C20H23N3O3. The van der Waals surface area contributed by atoms with Crippen LogP contribution in [0, 0.1) is 11.8 Å². The van der Waals surface area contributed by atoms with Crippen LogP contribution in [0.3, 0.4) is 0 Å². The van der Waals surface area contributed by atoms with E-state index in [1.165, 1.54) is 4.90 Å². The Labute approximate surface area is 152 Å². The van der Waals surface area contributed by atoms with Crippen molar-refractivity contribution < 1.29 is 14.4 Å². The lowest BCUT2D eigenvalue weighted by molar-refractivity contribution is -0.150. The molecule has 0 bridgehead atoms. The van der Waals surface area contributed by atoms with E-state index in [2.05, 4.69) is 10.2 Å². The van der Waals surface area contributed by atoms with Gasteiger partial charge in [-0.3, -0.25) is 24.2 Å². The molecule has 3 amide bonds. The predicted molar refractivity (Wildman–Crippen MR) is 95.1 cm³/mol. The first kappa shape index (κ1) is 16.0. The van der Waals surface area contributed by atoms with Gasteiger partial charge in [0.25, 0.3) is 0 Å². The first-order valence-corrected chi connectivity index (χ1v) is 9.35. The summed E-state index contributed by atoms with van der Waals surface area (Å²) in [6, 6.07) is 7.56. The van der Waals surface area contributed by atoms with Crippen LogP contribution >= 0.6 is 0 Å². The van der Waals surface area contributed by atoms with Gasteiger partial charge >= 0.3 is 0 Å². The summed E-state index contributed by atoms with van der Waals surface area (Å²) in [6.45, 7) is 6.39. The lowest BCUT2D eigenvalue weighted by Crippen LogP contribution is -2.56. The first-order chi connectivity index (χ1) is 12.3. The molecule has 5 rings (SSSR count). The van der Waals surface area contributed by atoms with Gasteiger partial charge in [-0.25, -0.2) is 0 Å². The number of amides is 3. The number of hydrogen-bond acceptors (Lipinski definition) is 4. The molecule has 1 spiro atoms. The van der Waals surface area contributed by atoms with Crippen LogP contribution in [-0.2, 0) is 19.9 Å². The van der Waals surface area contributed by atoms with Crippen molar-refractivity contribution >= 4 is 23.4 Å². The van der Waals surface area contributed by atoms with Crippen molar-refractivity contribution in [3.8, 4) is 0 Å². The summed E-state index contributed by atoms with van der Waals surface area (Å²) in [4.78, 5) is 43.7. The Kier molecular flexibility index (Phi) is 2.92. The molecule has 0 radical (unpaired) electrons. The molecule has 1 aromatic rings. The summed E-state index contributed by atoms with van der Waals surface area (Å²) in [6.07, 6.45) is 1.80. The number of rotatable bonds is 0. The zero-order chi connectivity index (χ0) is 18.4. The maximum Gasteiger partial charge on any atom is 0.250 e. The van der Waals surface area contributed by atoms with Crippen molar-refractivity contribution in [1.82, 2.24) is 9.80 Å². The zero-order valence-corrected chi connectivity index (χ0v) is 15.3. The largest absolute Gasteiger partial charge is 0.324 e. The van der Waals surface area contributed by atoms with Gasteiger partial charge in [0.2, 0.25) is 17.7 Å². The van der Waals surface area contributed by atoms with Crippen LogP contribution in [0.4, 0.5) is 5.69 Å². The van der Waals surface area contributed by atoms with Crippen LogP contribution in [0.25, 0.3) is 0 Å². The van der Waals surface area contributed by atoms with E-state index in [4.69, 9.17) is 0 Å². The molecule has 3 fully saturated rings. The van der Waals surface area contributed by atoms with Gasteiger partial charge in [-0.05, 0) is 46.2 Å². The second-order valence-corrected chi connectivity index (χ2v) is 8.86. The monoisotopic (exact) mass is 353 g/mol. The minimum atomic E-state index is -1.05. The highest BCUT2D eigenvalue weighted by Gasteiger charge is 2.75. The number of para-hydroxylation sites is 1. The van der Waals surface area contributed by atoms with Crippen LogP contribution in [0.15, 0.2) is 24.3 Å². The standard InChI is InChI=1S/C20H23N3O3/c1-19(2,3)23-16(24)14-13-9-6-10-22(13)20(15(14)17(23)25)11-7-4-5-8-12(11)21-18(20)26/h4-5,7-8,13-15H,6,9-10H2,1-3H3,(H,21,26)/t13-,14-,15+,20+/m1/s1. The summed E-state index contributed by atoms with van der Waals surface area (Å²) < 4.78 is 0. The Bertz CT molecular complexity index is 858. The highest BCUT2D eigenvalue weighted by molar-refractivity contribution is 6.15. The normalized spacial score (nSPS) is 35.9. The van der Waals surface area contributed by atoms with Crippen LogP contribution in [0.1, 0.15) is 39.2 Å². The molecule has 136 valence electrons. The van der Waals surface area contributed by atoms with Gasteiger partial charge in [-0.2, -0.15) is 0 Å². The number of benzene rings is 1. The summed E-state index contributed by atoms with van der Waals surface area (Å²) in [5.74, 6) is -1.54. The van der Waals surface area contributed by atoms with Gasteiger partial charge in [-0.1, -0.05) is 18.2 Å². The molecule has 0 aliphatic carbocycles. The topological polar surface area (TPSA) is 69.7 Å². The minimum Gasteiger partial charge on any atom is -0.324 e. The van der Waals surface area contributed by atoms with Crippen LogP contribution in [0.5, 0.6) is 0 Å². The molecule has 4 aliphatic heterocycles. The van der Waals surface area contributed by atoms with Gasteiger partial charge in [-0.15, -0.1) is 0 Å². The van der Waals surface area contributed by atoms with Crippen molar-refractivity contribution in [2.45, 2.75) is 50.7 Å². The molecule has 0 saturated carbocycles. The van der Waals surface area contributed by atoms with E-state index in [-0.39, 0.29) is 23.8 Å². The number of imide groups is 1. The van der Waals surface area contributed by atoms with Gasteiger partial charge in [0.15, 0.2) is 0 Å². The Balaban J connectivity index is 1.76. The average Bonchev–Trinajstić information content (AvgIpc) is 3.24. The fourth-order valence-electron chi connectivity index (χ4n) is 5.82. The Morgan fingerprint density at radius 1 is 1.12 bits per heavy atom. The van der Waals surface area contributed by atoms with Crippen molar-refractivity contribution in [2.75, 3.05) is 11.9 Å². The third kappa shape index (κ3) is 1.60. The summed E-state index contributed by atoms with van der Waals surface area (Å²) in [5, 5.41) is 2.98. The predicted octanol–water partition coefficient (Wildman–Crippen LogP) is 1.71. The van der Waals surface area contributed by atoms with E-state index >= 15 is 0 Å². The molecule has 6 heteroatoms. The third-order valence-corrected chi connectivity index (χ3v) is 6.57. The fraction of sp³-hybridized carbons (Fsp3) is 0.550. The summed E-state index contributed by atoms with van der Waals surface area (Å²) in [7, 11) is 0. The molecule has 4 heterocycles.